The molecule has 7 heteroatoms. The van der Waals surface area contributed by atoms with Crippen LogP contribution in [-0.2, 0) is 16.6 Å². The Morgan fingerprint density at radius 1 is 1.14 bits per heavy atom. The summed E-state index contributed by atoms with van der Waals surface area (Å²) >= 11 is 0. The number of rotatable bonds is 9. The number of nitrogens with zero attached hydrogens (tertiary/aromatic N) is 2. The van der Waals surface area contributed by atoms with Gasteiger partial charge in [-0.2, -0.15) is 0 Å². The second-order valence-corrected chi connectivity index (χ2v) is 8.91. The molecule has 0 bridgehead atoms. The summed E-state index contributed by atoms with van der Waals surface area (Å²) in [6.45, 7) is 11.4. The highest BCUT2D eigenvalue weighted by Gasteiger charge is 2.16. The van der Waals surface area contributed by atoms with Crippen LogP contribution in [0, 0.1) is 6.92 Å². The average Bonchev–Trinajstić information content (AvgIpc) is 3.20. The van der Waals surface area contributed by atoms with Gasteiger partial charge in [-0.25, -0.2) is 0 Å². The van der Waals surface area contributed by atoms with E-state index in [4.69, 9.17) is 4.42 Å². The molecule has 3 rings (SSSR count). The van der Waals surface area contributed by atoms with E-state index < -0.39 is 10.8 Å². The lowest BCUT2D eigenvalue weighted by molar-refractivity contribution is 0.0919. The Morgan fingerprint density at radius 2 is 1.90 bits per heavy atom. The molecule has 0 aliphatic carbocycles. The number of aryl methyl sites for hydroxylation is 1. The Kier molecular flexibility index (Phi) is 8.03. The Hall–Kier alpha value is -1.96. The molecule has 1 N–H and O–H groups in total. The second kappa shape index (κ2) is 10.7. The predicted molar refractivity (Wildman–Crippen MR) is 116 cm³/mol. The van der Waals surface area contributed by atoms with Crippen molar-refractivity contribution in [3.8, 4) is 0 Å². The summed E-state index contributed by atoms with van der Waals surface area (Å²) in [6, 6.07) is 11.0. The minimum absolute atomic E-state index is 0.214. The van der Waals surface area contributed by atoms with Gasteiger partial charge in [0, 0.05) is 37.6 Å². The van der Waals surface area contributed by atoms with E-state index in [1.54, 1.807) is 12.1 Å². The van der Waals surface area contributed by atoms with E-state index in [0.717, 1.165) is 56.1 Å². The zero-order valence-corrected chi connectivity index (χ0v) is 18.2. The number of nitrogens with one attached hydrogen (secondary N) is 1. The molecular weight excluding hydrogens is 386 g/mol. The number of furan rings is 1. The van der Waals surface area contributed by atoms with Gasteiger partial charge in [0.15, 0.2) is 5.76 Å². The van der Waals surface area contributed by atoms with Crippen LogP contribution >= 0.6 is 0 Å². The van der Waals surface area contributed by atoms with Crippen LogP contribution in [0.2, 0.25) is 0 Å². The molecule has 1 amide bonds. The minimum atomic E-state index is -1.19. The third kappa shape index (κ3) is 6.52. The Bertz CT molecular complexity index is 828. The van der Waals surface area contributed by atoms with E-state index in [-0.39, 0.29) is 17.4 Å². The summed E-state index contributed by atoms with van der Waals surface area (Å²) < 4.78 is 18.1. The summed E-state index contributed by atoms with van der Waals surface area (Å²) in [7, 11) is -1.19. The number of amides is 1. The van der Waals surface area contributed by atoms with Crippen LogP contribution in [0.15, 0.2) is 45.7 Å². The lowest BCUT2D eigenvalue weighted by Crippen LogP contribution is -2.46. The highest BCUT2D eigenvalue weighted by Crippen LogP contribution is 2.16. The first kappa shape index (κ1) is 21.7. The number of carbonyl (C=O) groups excluding carboxylic acids is 1. The fraction of sp³-hybridized carbons (Fsp3) is 0.500. The number of hydrogen-bond acceptors (Lipinski definition) is 5. The van der Waals surface area contributed by atoms with Gasteiger partial charge < -0.3 is 19.5 Å². The normalized spacial score (nSPS) is 16.6. The Balaban J connectivity index is 1.39. The van der Waals surface area contributed by atoms with Gasteiger partial charge in [-0.15, -0.1) is 0 Å². The molecule has 1 aliphatic rings. The molecule has 6 nitrogen and oxygen atoms in total. The molecular formula is C22H31N3O3S. The smallest absolute Gasteiger partial charge is 0.286 e. The second-order valence-electron chi connectivity index (χ2n) is 7.46. The van der Waals surface area contributed by atoms with Crippen LogP contribution in [-0.4, -0.2) is 65.7 Å². The van der Waals surface area contributed by atoms with Crippen LogP contribution in [0.4, 0.5) is 0 Å². The van der Waals surface area contributed by atoms with Gasteiger partial charge in [0.1, 0.15) is 5.76 Å². The quantitative estimate of drug-likeness (QED) is 0.636. The van der Waals surface area contributed by atoms with Crippen molar-refractivity contribution in [3.05, 3.63) is 53.5 Å². The maximum Gasteiger partial charge on any atom is 0.286 e. The number of piperazine rings is 1. The molecule has 0 radical (unpaired) electrons. The van der Waals surface area contributed by atoms with E-state index in [9.17, 15) is 9.00 Å². The first-order valence-electron chi connectivity index (χ1n) is 10.3. The molecule has 2 aromatic rings. The molecule has 0 spiro atoms. The maximum atomic E-state index is 12.5. The summed E-state index contributed by atoms with van der Waals surface area (Å²) in [5.41, 5.74) is 1.07. The lowest BCUT2D eigenvalue weighted by Gasteiger charge is -2.33. The van der Waals surface area contributed by atoms with Crippen LogP contribution < -0.4 is 5.32 Å². The number of carbonyl (C=O) groups is 1. The fourth-order valence-corrected chi connectivity index (χ4v) is 4.60. The Morgan fingerprint density at radius 3 is 2.62 bits per heavy atom. The minimum Gasteiger partial charge on any atom is -0.455 e. The van der Waals surface area contributed by atoms with Crippen LogP contribution in [0.1, 0.15) is 35.2 Å². The zero-order chi connectivity index (χ0) is 20.6. The highest BCUT2D eigenvalue weighted by atomic mass is 32.2. The Labute approximate surface area is 175 Å². The largest absolute Gasteiger partial charge is 0.455 e. The zero-order valence-electron chi connectivity index (χ0n) is 17.4. The topological polar surface area (TPSA) is 65.8 Å². The molecule has 2 heterocycles. The van der Waals surface area contributed by atoms with Gasteiger partial charge in [0.05, 0.1) is 16.6 Å². The number of hydrogen-bond donors (Lipinski definition) is 1. The van der Waals surface area contributed by atoms with Gasteiger partial charge in [-0.1, -0.05) is 19.1 Å². The molecule has 1 atom stereocenters. The molecule has 1 fully saturated rings. The van der Waals surface area contributed by atoms with Crippen LogP contribution in [0.5, 0.6) is 0 Å². The van der Waals surface area contributed by atoms with E-state index in [2.05, 4.69) is 22.0 Å². The predicted octanol–water partition coefficient (Wildman–Crippen LogP) is 2.65. The van der Waals surface area contributed by atoms with Crippen molar-refractivity contribution in [1.29, 1.82) is 0 Å². The standard InChI is InChI=1S/C22H31N3O3S/c1-3-24-12-14-25(15-13-24)11-5-10-23-22(26)21-9-8-19(28-21)17-29(27)20-7-4-6-18(2)16-20/h4,6-9,16H,3,5,10-15,17H2,1-2H3,(H,23,26). The molecule has 1 aromatic carbocycles. The highest BCUT2D eigenvalue weighted by molar-refractivity contribution is 7.84. The molecule has 1 aliphatic heterocycles. The van der Waals surface area contributed by atoms with Gasteiger partial charge in [0.2, 0.25) is 0 Å². The van der Waals surface area contributed by atoms with Crippen molar-refractivity contribution in [2.75, 3.05) is 45.8 Å². The van der Waals surface area contributed by atoms with E-state index in [1.165, 1.54) is 0 Å². The van der Waals surface area contributed by atoms with Crippen molar-refractivity contribution in [2.45, 2.75) is 30.9 Å². The van der Waals surface area contributed by atoms with Crippen LogP contribution in [0.25, 0.3) is 0 Å². The fourth-order valence-electron chi connectivity index (χ4n) is 3.47. The summed E-state index contributed by atoms with van der Waals surface area (Å²) in [4.78, 5) is 18.0. The van der Waals surface area contributed by atoms with E-state index >= 15 is 0 Å². The third-order valence-electron chi connectivity index (χ3n) is 5.26. The van der Waals surface area contributed by atoms with Crippen molar-refractivity contribution in [2.24, 2.45) is 0 Å². The lowest BCUT2D eigenvalue weighted by atomic mass is 10.2. The molecule has 1 unspecified atom stereocenters. The molecule has 29 heavy (non-hydrogen) atoms. The first-order chi connectivity index (χ1) is 14.0. The summed E-state index contributed by atoms with van der Waals surface area (Å²) in [6.07, 6.45) is 0.919. The monoisotopic (exact) mass is 417 g/mol. The molecule has 1 saturated heterocycles. The van der Waals surface area contributed by atoms with Crippen LogP contribution in [0.3, 0.4) is 0 Å². The average molecular weight is 418 g/mol. The number of benzene rings is 1. The van der Waals surface area contributed by atoms with E-state index in [1.807, 2.05) is 31.2 Å². The van der Waals surface area contributed by atoms with Crippen molar-refractivity contribution in [3.63, 3.8) is 0 Å². The van der Waals surface area contributed by atoms with Gasteiger partial charge >= 0.3 is 0 Å². The van der Waals surface area contributed by atoms with Crippen molar-refractivity contribution < 1.29 is 13.4 Å². The summed E-state index contributed by atoms with van der Waals surface area (Å²) in [5, 5.41) is 2.92. The molecule has 158 valence electrons. The van der Waals surface area contributed by atoms with E-state index in [0.29, 0.717) is 12.3 Å². The maximum absolute atomic E-state index is 12.5. The van der Waals surface area contributed by atoms with Crippen molar-refractivity contribution >= 4 is 16.7 Å². The molecule has 0 saturated carbocycles. The summed E-state index contributed by atoms with van der Waals surface area (Å²) in [5.74, 6) is 0.885. The SMILES string of the molecule is CCN1CCN(CCCNC(=O)c2ccc(CS(=O)c3cccc(C)c3)o2)CC1. The first-order valence-corrected chi connectivity index (χ1v) is 11.6. The molecule has 1 aromatic heterocycles. The van der Waals surface area contributed by atoms with Gasteiger partial charge in [-0.05, 0) is 56.3 Å². The number of likely N-dealkylation sites (N-methyl/N-ethyl adjacent to an activating group) is 1. The van der Waals surface area contributed by atoms with Crippen molar-refractivity contribution in [1.82, 2.24) is 15.1 Å². The van der Waals surface area contributed by atoms with Gasteiger partial charge in [0.25, 0.3) is 5.91 Å². The third-order valence-corrected chi connectivity index (χ3v) is 6.59. The van der Waals surface area contributed by atoms with Gasteiger partial charge in [-0.3, -0.25) is 9.00 Å².